The lowest BCUT2D eigenvalue weighted by Crippen LogP contribution is -2.37. The first-order valence-corrected chi connectivity index (χ1v) is 13.6. The zero-order chi connectivity index (χ0) is 28.1. The molecule has 40 heavy (non-hydrogen) atoms. The first-order chi connectivity index (χ1) is 19.4. The van der Waals surface area contributed by atoms with Crippen molar-refractivity contribution in [3.8, 4) is 17.1 Å². The van der Waals surface area contributed by atoms with Gasteiger partial charge < -0.3 is 34.5 Å². The monoisotopic (exact) mass is 543 g/mol. The van der Waals surface area contributed by atoms with Gasteiger partial charge in [-0.25, -0.2) is 14.8 Å². The maximum atomic E-state index is 12.6. The van der Waals surface area contributed by atoms with Crippen LogP contribution in [0.1, 0.15) is 19.9 Å². The molecule has 0 saturated carbocycles. The summed E-state index contributed by atoms with van der Waals surface area (Å²) in [7, 11) is 4.01. The van der Waals surface area contributed by atoms with Gasteiger partial charge in [-0.1, -0.05) is 0 Å². The van der Waals surface area contributed by atoms with Crippen LogP contribution in [0.2, 0.25) is 0 Å². The highest BCUT2D eigenvalue weighted by Crippen LogP contribution is 2.31. The molecular formula is C30H37N7O3. The van der Waals surface area contributed by atoms with E-state index in [0.29, 0.717) is 37.0 Å². The van der Waals surface area contributed by atoms with Crippen molar-refractivity contribution >= 4 is 34.3 Å². The summed E-state index contributed by atoms with van der Waals surface area (Å²) in [6.07, 6.45) is 2.08. The molecule has 1 aliphatic rings. The average Bonchev–Trinajstić information content (AvgIpc) is 3.39. The lowest BCUT2D eigenvalue weighted by atomic mass is 10.2. The Bertz CT molecular complexity index is 1430. The molecule has 2 aromatic heterocycles. The van der Waals surface area contributed by atoms with E-state index in [2.05, 4.69) is 51.1 Å². The number of benzene rings is 2. The number of rotatable bonds is 9. The van der Waals surface area contributed by atoms with Gasteiger partial charge >= 0.3 is 6.03 Å². The van der Waals surface area contributed by atoms with Gasteiger partial charge in [-0.15, -0.1) is 0 Å². The Kier molecular flexibility index (Phi) is 8.47. The molecule has 0 spiro atoms. The predicted molar refractivity (Wildman–Crippen MR) is 160 cm³/mol. The van der Waals surface area contributed by atoms with Crippen LogP contribution in [0.15, 0.2) is 60.8 Å². The van der Waals surface area contributed by atoms with E-state index in [-0.39, 0.29) is 12.1 Å². The summed E-state index contributed by atoms with van der Waals surface area (Å²) in [5.74, 6) is 2.35. The molecule has 0 bridgehead atoms. The summed E-state index contributed by atoms with van der Waals surface area (Å²) < 4.78 is 13.4. The van der Waals surface area contributed by atoms with Gasteiger partial charge in [0.2, 0.25) is 0 Å². The van der Waals surface area contributed by atoms with Crippen LogP contribution >= 0.6 is 0 Å². The van der Waals surface area contributed by atoms with Gasteiger partial charge in [0.25, 0.3) is 0 Å². The Morgan fingerprint density at radius 3 is 2.25 bits per heavy atom. The number of hydrogen-bond donors (Lipinski definition) is 2. The smallest absolute Gasteiger partial charge is 0.323 e. The zero-order valence-corrected chi connectivity index (χ0v) is 23.6. The third-order valence-corrected chi connectivity index (χ3v) is 6.74. The number of nitrogens with one attached hydrogen (secondary N) is 2. The van der Waals surface area contributed by atoms with Gasteiger partial charge in [0.1, 0.15) is 23.8 Å². The maximum absolute atomic E-state index is 12.6. The van der Waals surface area contributed by atoms with Gasteiger partial charge in [-0.05, 0) is 82.5 Å². The number of fused-ring (bicyclic) bond motifs is 1. The van der Waals surface area contributed by atoms with Crippen LogP contribution in [-0.4, -0.2) is 79.0 Å². The highest BCUT2D eigenvalue weighted by atomic mass is 16.5. The van der Waals surface area contributed by atoms with Crippen LogP contribution in [0.3, 0.4) is 0 Å². The molecule has 5 rings (SSSR count). The first kappa shape index (κ1) is 27.4. The van der Waals surface area contributed by atoms with Crippen LogP contribution < -0.4 is 20.3 Å². The van der Waals surface area contributed by atoms with Crippen molar-refractivity contribution in [3.63, 3.8) is 0 Å². The van der Waals surface area contributed by atoms with Crippen molar-refractivity contribution < 1.29 is 14.3 Å². The number of anilines is 3. The molecule has 0 aliphatic carbocycles. The van der Waals surface area contributed by atoms with Gasteiger partial charge in [0.05, 0.1) is 18.6 Å². The second-order valence-electron chi connectivity index (χ2n) is 10.4. The maximum Gasteiger partial charge on any atom is 0.323 e. The van der Waals surface area contributed by atoms with Crippen molar-refractivity contribution in [2.45, 2.75) is 19.9 Å². The Balaban J connectivity index is 1.28. The summed E-state index contributed by atoms with van der Waals surface area (Å²) >= 11 is 0. The minimum absolute atomic E-state index is 0.273. The quantitative estimate of drug-likeness (QED) is 0.303. The van der Waals surface area contributed by atoms with Crippen molar-refractivity contribution in [3.05, 3.63) is 60.8 Å². The second-order valence-corrected chi connectivity index (χ2v) is 10.4. The van der Waals surface area contributed by atoms with Crippen LogP contribution in [0.4, 0.5) is 22.0 Å². The highest BCUT2D eigenvalue weighted by Gasteiger charge is 2.20. The second kappa shape index (κ2) is 12.4. The van der Waals surface area contributed by atoms with E-state index in [1.54, 1.807) is 0 Å². The van der Waals surface area contributed by atoms with Crippen LogP contribution in [0, 0.1) is 0 Å². The molecule has 2 amide bonds. The molecule has 2 N–H and O–H groups in total. The van der Waals surface area contributed by atoms with E-state index in [1.165, 1.54) is 0 Å². The zero-order valence-electron chi connectivity index (χ0n) is 23.6. The van der Waals surface area contributed by atoms with E-state index in [1.807, 2.05) is 62.6 Å². The fraction of sp³-hybridized carbons (Fsp3) is 0.367. The van der Waals surface area contributed by atoms with E-state index >= 15 is 0 Å². The van der Waals surface area contributed by atoms with Crippen LogP contribution in [-0.2, 0) is 4.74 Å². The summed E-state index contributed by atoms with van der Waals surface area (Å²) in [5.41, 5.74) is 3.14. The molecule has 0 radical (unpaired) electrons. The van der Waals surface area contributed by atoms with Gasteiger partial charge in [0.15, 0.2) is 5.82 Å². The summed E-state index contributed by atoms with van der Waals surface area (Å²) in [5, 5.41) is 6.79. The van der Waals surface area contributed by atoms with Gasteiger partial charge in [-0.3, -0.25) is 0 Å². The number of aromatic nitrogens is 3. The Morgan fingerprint density at radius 1 is 0.975 bits per heavy atom. The molecular weight excluding hydrogens is 506 g/mol. The Labute approximate surface area is 234 Å². The van der Waals surface area contributed by atoms with Gasteiger partial charge in [-0.2, -0.15) is 0 Å². The normalized spacial score (nSPS) is 13.7. The molecule has 4 aromatic rings. The van der Waals surface area contributed by atoms with Crippen molar-refractivity contribution in [2.24, 2.45) is 0 Å². The molecule has 10 nitrogen and oxygen atoms in total. The molecule has 1 saturated heterocycles. The van der Waals surface area contributed by atoms with Crippen LogP contribution in [0.5, 0.6) is 5.75 Å². The number of carbonyl (C=O) groups excluding carboxylic acids is 1. The molecule has 3 heterocycles. The van der Waals surface area contributed by atoms with E-state index < -0.39 is 0 Å². The molecule has 0 unspecified atom stereocenters. The number of likely N-dealkylation sites (N-methyl/N-ethyl adjacent to an activating group) is 1. The number of hydrogen-bond acceptors (Lipinski definition) is 7. The fourth-order valence-electron chi connectivity index (χ4n) is 4.56. The molecule has 210 valence electrons. The highest BCUT2D eigenvalue weighted by molar-refractivity contribution is 6.00. The summed E-state index contributed by atoms with van der Waals surface area (Å²) in [4.78, 5) is 26.9. The molecule has 10 heteroatoms. The number of amides is 2. The molecule has 1 fully saturated rings. The largest absolute Gasteiger partial charge is 0.492 e. The summed E-state index contributed by atoms with van der Waals surface area (Å²) in [6, 6.07) is 17.0. The fourth-order valence-corrected chi connectivity index (χ4v) is 4.56. The predicted octanol–water partition coefficient (Wildman–Crippen LogP) is 5.10. The molecule has 1 aliphatic heterocycles. The van der Waals surface area contributed by atoms with Crippen molar-refractivity contribution in [2.75, 3.05) is 69.1 Å². The number of nitrogens with zero attached hydrogens (tertiary/aromatic N) is 5. The van der Waals surface area contributed by atoms with Crippen LogP contribution in [0.25, 0.3) is 22.4 Å². The molecule has 0 atom stereocenters. The topological polar surface area (TPSA) is 96.8 Å². The third-order valence-electron chi connectivity index (χ3n) is 6.74. The third kappa shape index (κ3) is 6.52. The lowest BCUT2D eigenvalue weighted by Gasteiger charge is -2.28. The lowest BCUT2D eigenvalue weighted by molar-refractivity contribution is 0.122. The number of carbonyl (C=O) groups is 1. The minimum Gasteiger partial charge on any atom is -0.492 e. The number of ether oxygens (including phenoxy) is 2. The number of urea groups is 1. The van der Waals surface area contributed by atoms with E-state index in [0.717, 1.165) is 47.8 Å². The Hall–Kier alpha value is -4.15. The minimum atomic E-state index is -0.323. The average molecular weight is 544 g/mol. The van der Waals surface area contributed by atoms with E-state index in [9.17, 15) is 4.79 Å². The first-order valence-electron chi connectivity index (χ1n) is 13.6. The Morgan fingerprint density at radius 2 is 1.62 bits per heavy atom. The number of morpholine rings is 1. The van der Waals surface area contributed by atoms with Gasteiger partial charge in [0, 0.05) is 48.8 Å². The molecule has 2 aromatic carbocycles. The summed E-state index contributed by atoms with van der Waals surface area (Å²) in [6.45, 7) is 8.69. The van der Waals surface area contributed by atoms with E-state index in [4.69, 9.17) is 19.4 Å². The van der Waals surface area contributed by atoms with Crippen molar-refractivity contribution in [1.82, 2.24) is 19.4 Å². The SMILES string of the molecule is CC(C)n1ccc2c(N3CCOCC3)nc(-c3ccc(NC(=O)Nc4ccc(OCCN(C)C)cc4)cc3)nc21. The van der Waals surface area contributed by atoms with Crippen molar-refractivity contribution in [1.29, 1.82) is 0 Å². The standard InChI is InChI=1S/C30H37N7O3/c1-21(2)37-14-13-26-28(36-16-18-39-19-17-36)33-27(34-29(26)37)22-5-7-23(8-6-22)31-30(38)32-24-9-11-25(12-10-24)40-20-15-35(3)4/h5-14,21H,15-20H2,1-4H3,(H2,31,32,38).